The lowest BCUT2D eigenvalue weighted by atomic mass is 10.1. The maximum Gasteiger partial charge on any atom is 0.472 e. The zero-order valence-corrected chi connectivity index (χ0v) is 38.1. The fraction of sp³-hybridized carbons (Fsp3) is 0.612. The Hall–Kier alpha value is -2.84. The molecule has 0 aromatic carbocycles. The average Bonchev–Trinajstić information content (AvgIpc) is 3.17. The van der Waals surface area contributed by atoms with E-state index in [-0.39, 0.29) is 19.1 Å². The Balaban J connectivity index is 4.11. The van der Waals surface area contributed by atoms with Gasteiger partial charge in [0.25, 0.3) is 0 Å². The summed E-state index contributed by atoms with van der Waals surface area (Å²) in [6.45, 7) is 4.53. The summed E-state index contributed by atoms with van der Waals surface area (Å²) in [6, 6.07) is -0.858. The molecule has 0 aliphatic heterocycles. The van der Waals surface area contributed by atoms with Crippen molar-refractivity contribution in [3.8, 4) is 0 Å². The summed E-state index contributed by atoms with van der Waals surface area (Å²) in [5, 5.41) is 13.6. The summed E-state index contributed by atoms with van der Waals surface area (Å²) in [5.41, 5.74) is 0. The van der Waals surface area contributed by atoms with Crippen LogP contribution in [0.3, 0.4) is 0 Å². The quantitative estimate of drug-likeness (QED) is 0.0248. The Morgan fingerprint density at radius 2 is 1.03 bits per heavy atom. The second kappa shape index (κ2) is 39.6. The van der Waals surface area contributed by atoms with Gasteiger partial charge in [0.15, 0.2) is 0 Å². The molecular formula is C49H84N2O6P+. The predicted octanol–water partition coefficient (Wildman–Crippen LogP) is 12.5. The third-order valence-electron chi connectivity index (χ3n) is 9.00. The highest BCUT2D eigenvalue weighted by atomic mass is 31.2. The van der Waals surface area contributed by atoms with Gasteiger partial charge >= 0.3 is 7.82 Å². The van der Waals surface area contributed by atoms with Crippen molar-refractivity contribution in [1.29, 1.82) is 0 Å². The number of hydrogen-bond donors (Lipinski definition) is 3. The van der Waals surface area contributed by atoms with Crippen molar-refractivity contribution in [3.63, 3.8) is 0 Å². The molecule has 0 aromatic rings. The van der Waals surface area contributed by atoms with Crippen LogP contribution < -0.4 is 5.32 Å². The van der Waals surface area contributed by atoms with Gasteiger partial charge in [0.05, 0.1) is 39.9 Å². The van der Waals surface area contributed by atoms with Crippen molar-refractivity contribution < 1.29 is 32.9 Å². The standard InChI is InChI=1S/C49H83N2O6P/c1-6-8-10-12-13-14-15-16-17-18-19-20-21-22-23-24-25-26-27-28-29-30-31-32-33-34-35-36-37-39-41-43-49(53)50-47(48(52)42-40-38-11-9-7-2)46-57-58(54,55)56-45-44-51(3,4)5/h8,10,13-14,16-17,19-20,22-23,25-26,28-29,31-32,40,42,47-48,52H,6-7,9,11-12,15,18,21,24,27,30,33-39,41,43-46H2,1-5H3,(H-,50,53,54,55)/p+1/b10-8-,14-13-,17-16-,20-19-,23-22-,26-25-,29-28-,32-31-,42-40+. The molecule has 8 nitrogen and oxygen atoms in total. The highest BCUT2D eigenvalue weighted by Crippen LogP contribution is 2.43. The number of likely N-dealkylation sites (N-methyl/N-ethyl adjacent to an activating group) is 1. The zero-order chi connectivity index (χ0) is 42.8. The molecule has 330 valence electrons. The Labute approximate surface area is 355 Å². The number of aliphatic hydroxyl groups is 1. The molecule has 0 radical (unpaired) electrons. The van der Waals surface area contributed by atoms with E-state index in [1.165, 1.54) is 12.8 Å². The first-order chi connectivity index (χ1) is 28.0. The van der Waals surface area contributed by atoms with Crippen LogP contribution in [0.4, 0.5) is 0 Å². The lowest BCUT2D eigenvalue weighted by Crippen LogP contribution is -2.45. The molecule has 0 aliphatic carbocycles. The van der Waals surface area contributed by atoms with Crippen LogP contribution in [0, 0.1) is 0 Å². The molecule has 0 heterocycles. The van der Waals surface area contributed by atoms with E-state index in [1.807, 2.05) is 27.2 Å². The highest BCUT2D eigenvalue weighted by Gasteiger charge is 2.27. The van der Waals surface area contributed by atoms with Crippen LogP contribution in [0.1, 0.15) is 142 Å². The van der Waals surface area contributed by atoms with E-state index in [1.54, 1.807) is 6.08 Å². The summed E-state index contributed by atoms with van der Waals surface area (Å²) < 4.78 is 23.3. The minimum atomic E-state index is -4.33. The number of unbranched alkanes of at least 4 members (excludes halogenated alkanes) is 9. The summed E-state index contributed by atoms with van der Waals surface area (Å²) >= 11 is 0. The van der Waals surface area contributed by atoms with Crippen LogP contribution >= 0.6 is 7.82 Å². The van der Waals surface area contributed by atoms with Gasteiger partial charge in [0, 0.05) is 6.42 Å². The lowest BCUT2D eigenvalue weighted by molar-refractivity contribution is -0.870. The largest absolute Gasteiger partial charge is 0.472 e. The first-order valence-corrected chi connectivity index (χ1v) is 23.8. The van der Waals surface area contributed by atoms with E-state index in [4.69, 9.17) is 9.05 Å². The Morgan fingerprint density at radius 1 is 0.603 bits per heavy atom. The van der Waals surface area contributed by atoms with Crippen molar-refractivity contribution in [3.05, 3.63) is 109 Å². The molecule has 1 amide bonds. The van der Waals surface area contributed by atoms with Gasteiger partial charge in [-0.1, -0.05) is 162 Å². The van der Waals surface area contributed by atoms with E-state index < -0.39 is 20.0 Å². The van der Waals surface area contributed by atoms with Crippen LogP contribution in [0.15, 0.2) is 109 Å². The molecular weight excluding hydrogens is 744 g/mol. The van der Waals surface area contributed by atoms with E-state index in [9.17, 15) is 19.4 Å². The number of phosphoric ester groups is 1. The summed E-state index contributed by atoms with van der Waals surface area (Å²) in [5.74, 6) is -0.206. The minimum Gasteiger partial charge on any atom is -0.387 e. The Kier molecular flexibility index (Phi) is 37.7. The molecule has 3 N–H and O–H groups in total. The Morgan fingerprint density at radius 3 is 1.52 bits per heavy atom. The summed E-state index contributed by atoms with van der Waals surface area (Å²) in [6.07, 6.45) is 57.8. The monoisotopic (exact) mass is 828 g/mol. The van der Waals surface area contributed by atoms with Gasteiger partial charge in [-0.05, 0) is 83.5 Å². The van der Waals surface area contributed by atoms with Crippen LogP contribution in [-0.2, 0) is 18.4 Å². The molecule has 3 atom stereocenters. The molecule has 0 spiro atoms. The maximum atomic E-state index is 12.8. The molecule has 0 fully saturated rings. The van der Waals surface area contributed by atoms with Crippen molar-refractivity contribution in [2.24, 2.45) is 0 Å². The van der Waals surface area contributed by atoms with E-state index in [0.29, 0.717) is 17.4 Å². The van der Waals surface area contributed by atoms with E-state index >= 15 is 0 Å². The van der Waals surface area contributed by atoms with Gasteiger partial charge in [0.1, 0.15) is 13.2 Å². The van der Waals surface area contributed by atoms with Crippen LogP contribution in [0.5, 0.6) is 0 Å². The van der Waals surface area contributed by atoms with Gasteiger partial charge in [-0.2, -0.15) is 0 Å². The number of phosphoric acid groups is 1. The average molecular weight is 828 g/mol. The molecule has 0 bridgehead atoms. The van der Waals surface area contributed by atoms with Gasteiger partial charge in [-0.15, -0.1) is 0 Å². The highest BCUT2D eigenvalue weighted by molar-refractivity contribution is 7.47. The number of quaternary nitrogens is 1. The van der Waals surface area contributed by atoms with Gasteiger partial charge in [-0.25, -0.2) is 4.57 Å². The summed E-state index contributed by atoms with van der Waals surface area (Å²) in [4.78, 5) is 22.9. The SMILES string of the molecule is CC/C=C\C/C=C\C/C=C\C/C=C\C/C=C\C/C=C\C/C=C\C/C=C\CCCCCCCCC(=O)NC(COP(=O)(O)OCC[N+](C)(C)C)C(O)/C=C/CCCCC. The molecule has 0 aliphatic rings. The second-order valence-electron chi connectivity index (χ2n) is 15.7. The molecule has 9 heteroatoms. The van der Waals surface area contributed by atoms with Crippen LogP contribution in [0.2, 0.25) is 0 Å². The molecule has 0 aromatic heterocycles. The number of nitrogens with one attached hydrogen (secondary N) is 1. The fourth-order valence-corrected chi connectivity index (χ4v) is 6.20. The number of carbonyl (C=O) groups is 1. The van der Waals surface area contributed by atoms with Crippen molar-refractivity contribution >= 4 is 13.7 Å². The molecule has 0 saturated carbocycles. The summed E-state index contributed by atoms with van der Waals surface area (Å²) in [7, 11) is 1.53. The number of amides is 1. The Bertz CT molecular complexity index is 1300. The predicted molar refractivity (Wildman–Crippen MR) is 249 cm³/mol. The number of rotatable bonds is 38. The first kappa shape index (κ1) is 55.2. The molecule has 0 saturated heterocycles. The first-order valence-electron chi connectivity index (χ1n) is 22.3. The number of hydrogen-bond acceptors (Lipinski definition) is 5. The third-order valence-corrected chi connectivity index (χ3v) is 9.98. The van der Waals surface area contributed by atoms with Gasteiger partial charge in [-0.3, -0.25) is 13.8 Å². The molecule has 0 rings (SSSR count). The van der Waals surface area contributed by atoms with Gasteiger partial charge < -0.3 is 19.8 Å². The molecule has 3 unspecified atom stereocenters. The molecule has 58 heavy (non-hydrogen) atoms. The maximum absolute atomic E-state index is 12.8. The van der Waals surface area contributed by atoms with Gasteiger partial charge in [0.2, 0.25) is 5.91 Å². The van der Waals surface area contributed by atoms with E-state index in [2.05, 4.69) is 116 Å². The van der Waals surface area contributed by atoms with Crippen molar-refractivity contribution in [1.82, 2.24) is 5.32 Å². The number of carbonyl (C=O) groups excluding carboxylic acids is 1. The van der Waals surface area contributed by atoms with Crippen molar-refractivity contribution in [2.75, 3.05) is 40.9 Å². The smallest absolute Gasteiger partial charge is 0.387 e. The number of nitrogens with zero attached hydrogens (tertiary/aromatic N) is 1. The van der Waals surface area contributed by atoms with Crippen LogP contribution in [0.25, 0.3) is 0 Å². The van der Waals surface area contributed by atoms with Crippen LogP contribution in [-0.4, -0.2) is 73.4 Å². The zero-order valence-electron chi connectivity index (χ0n) is 37.2. The topological polar surface area (TPSA) is 105 Å². The third kappa shape index (κ3) is 41.3. The normalized spacial score (nSPS) is 15.4. The van der Waals surface area contributed by atoms with E-state index in [0.717, 1.165) is 109 Å². The minimum absolute atomic E-state index is 0.0509. The van der Waals surface area contributed by atoms with Crippen molar-refractivity contribution in [2.45, 2.75) is 154 Å². The lowest BCUT2D eigenvalue weighted by Gasteiger charge is -2.25. The fourth-order valence-electron chi connectivity index (χ4n) is 5.46. The second-order valence-corrected chi connectivity index (χ2v) is 17.1. The number of allylic oxidation sites excluding steroid dienone is 17. The number of aliphatic hydroxyl groups excluding tert-OH is 1.